The Kier molecular flexibility index (Phi) is 6.58. The van der Waals surface area contributed by atoms with Crippen LogP contribution in [0.1, 0.15) is 21.6 Å². The lowest BCUT2D eigenvalue weighted by atomic mass is 10.1. The van der Waals surface area contributed by atoms with E-state index < -0.39 is 32.4 Å². The summed E-state index contributed by atoms with van der Waals surface area (Å²) in [6, 6.07) is 5.74. The van der Waals surface area contributed by atoms with Gasteiger partial charge < -0.3 is 10.6 Å². The minimum atomic E-state index is -4.90. The molecule has 0 bridgehead atoms. The maximum atomic E-state index is 13.8. The molecule has 0 saturated carbocycles. The molecule has 1 aromatic carbocycles. The van der Waals surface area contributed by atoms with E-state index in [2.05, 4.69) is 15.0 Å². The average Bonchev–Trinajstić information content (AvgIpc) is 2.84. The van der Waals surface area contributed by atoms with Crippen LogP contribution in [0.15, 0.2) is 53.8 Å². The van der Waals surface area contributed by atoms with Crippen LogP contribution in [0.3, 0.4) is 0 Å². The molecular weight excluding hydrogens is 485 g/mol. The summed E-state index contributed by atoms with van der Waals surface area (Å²) in [7, 11) is -2.67. The first-order chi connectivity index (χ1) is 16.5. The number of hydrogen-bond donors (Lipinski definition) is 1. The smallest absolute Gasteiger partial charge is 0.382 e. The highest BCUT2D eigenvalue weighted by Gasteiger charge is 2.40. The van der Waals surface area contributed by atoms with Gasteiger partial charge in [-0.25, -0.2) is 18.4 Å². The monoisotopic (exact) mass is 506 g/mol. The standard InChI is InChI=1S/C22H21F3N6O3S/c1-30-7-9-31(10-8-30)35(33,34)18-11-14(4-5-16(18)22(23,24)25)17-13-28-21(26)19(29-17)20(32)15-3-2-6-27-12-15/h2-6,11-13H,7-10H2,1H3,(H2,26,28). The first-order valence-corrected chi connectivity index (χ1v) is 11.9. The van der Waals surface area contributed by atoms with Crippen LogP contribution in [0.4, 0.5) is 19.0 Å². The highest BCUT2D eigenvalue weighted by Crippen LogP contribution is 2.37. The number of halogens is 3. The first-order valence-electron chi connectivity index (χ1n) is 10.5. The Hall–Kier alpha value is -3.42. The van der Waals surface area contributed by atoms with Gasteiger partial charge in [-0.2, -0.15) is 17.5 Å². The van der Waals surface area contributed by atoms with Gasteiger partial charge in [-0.1, -0.05) is 6.07 Å². The molecule has 2 N–H and O–H groups in total. The number of piperazine rings is 1. The van der Waals surface area contributed by atoms with Crippen LogP contribution in [0, 0.1) is 0 Å². The highest BCUT2D eigenvalue weighted by atomic mass is 32.2. The molecule has 0 radical (unpaired) electrons. The van der Waals surface area contributed by atoms with Crippen molar-refractivity contribution in [1.82, 2.24) is 24.2 Å². The molecule has 13 heteroatoms. The molecule has 1 fully saturated rings. The van der Waals surface area contributed by atoms with Crippen LogP contribution in [0.2, 0.25) is 0 Å². The Morgan fingerprint density at radius 2 is 1.80 bits per heavy atom. The summed E-state index contributed by atoms with van der Waals surface area (Å²) in [5.74, 6) is -0.762. The number of sulfonamides is 1. The van der Waals surface area contributed by atoms with Gasteiger partial charge in [0.2, 0.25) is 15.8 Å². The summed E-state index contributed by atoms with van der Waals surface area (Å²) >= 11 is 0. The SMILES string of the molecule is CN1CCN(S(=O)(=O)c2cc(-c3cnc(N)c(C(=O)c4cccnc4)n3)ccc2C(F)(F)F)CC1. The van der Waals surface area contributed by atoms with Crippen molar-refractivity contribution < 1.29 is 26.4 Å². The summed E-state index contributed by atoms with van der Waals surface area (Å²) in [5.41, 5.74) is 4.55. The van der Waals surface area contributed by atoms with Gasteiger partial charge >= 0.3 is 6.18 Å². The minimum absolute atomic E-state index is 0.00464. The van der Waals surface area contributed by atoms with Gasteiger partial charge in [-0.15, -0.1) is 0 Å². The van der Waals surface area contributed by atoms with Crippen molar-refractivity contribution in [2.75, 3.05) is 39.0 Å². The van der Waals surface area contributed by atoms with Gasteiger partial charge in [-0.3, -0.25) is 9.78 Å². The minimum Gasteiger partial charge on any atom is -0.382 e. The summed E-state index contributed by atoms with van der Waals surface area (Å²) in [6.07, 6.45) is -0.937. The summed E-state index contributed by atoms with van der Waals surface area (Å²) in [6.45, 7) is 0.907. The normalized spacial score (nSPS) is 15.8. The summed E-state index contributed by atoms with van der Waals surface area (Å²) in [5, 5.41) is 0. The van der Waals surface area contributed by atoms with Crippen LogP contribution in [0.25, 0.3) is 11.3 Å². The molecular formula is C22H21F3N6O3S. The molecule has 1 saturated heterocycles. The second-order valence-corrected chi connectivity index (χ2v) is 9.88. The van der Waals surface area contributed by atoms with E-state index in [0.29, 0.717) is 19.2 Å². The lowest BCUT2D eigenvalue weighted by Gasteiger charge is -2.32. The van der Waals surface area contributed by atoms with Gasteiger partial charge in [0.25, 0.3) is 0 Å². The quantitative estimate of drug-likeness (QED) is 0.523. The zero-order chi connectivity index (χ0) is 25.4. The first kappa shape index (κ1) is 24.7. The third kappa shape index (κ3) is 5.01. The molecule has 1 aliphatic rings. The number of carbonyl (C=O) groups excluding carboxylic acids is 1. The maximum absolute atomic E-state index is 13.8. The molecule has 9 nitrogen and oxygen atoms in total. The molecule has 2 aromatic heterocycles. The highest BCUT2D eigenvalue weighted by molar-refractivity contribution is 7.89. The van der Waals surface area contributed by atoms with Crippen LogP contribution in [-0.4, -0.2) is 71.6 Å². The van der Waals surface area contributed by atoms with Crippen LogP contribution in [0.5, 0.6) is 0 Å². The Morgan fingerprint density at radius 3 is 2.43 bits per heavy atom. The zero-order valence-corrected chi connectivity index (χ0v) is 19.3. The summed E-state index contributed by atoms with van der Waals surface area (Å²) < 4.78 is 68.8. The largest absolute Gasteiger partial charge is 0.417 e. The number of likely N-dealkylation sites (N-methyl/N-ethyl adjacent to an activating group) is 1. The van der Waals surface area contributed by atoms with Gasteiger partial charge in [0, 0.05) is 49.7 Å². The number of anilines is 1. The number of pyridine rings is 1. The van der Waals surface area contributed by atoms with E-state index in [0.717, 1.165) is 16.4 Å². The average molecular weight is 507 g/mol. The van der Waals surface area contributed by atoms with Crippen molar-refractivity contribution in [3.8, 4) is 11.3 Å². The fraction of sp³-hybridized carbons (Fsp3) is 0.273. The molecule has 1 aliphatic heterocycles. The van der Waals surface area contributed by atoms with E-state index >= 15 is 0 Å². The molecule has 184 valence electrons. The Bertz CT molecular complexity index is 1360. The van der Waals surface area contributed by atoms with E-state index in [9.17, 15) is 26.4 Å². The maximum Gasteiger partial charge on any atom is 0.417 e. The van der Waals surface area contributed by atoms with E-state index in [-0.39, 0.29) is 41.4 Å². The Morgan fingerprint density at radius 1 is 1.09 bits per heavy atom. The second kappa shape index (κ2) is 9.32. The lowest BCUT2D eigenvalue weighted by molar-refractivity contribution is -0.139. The van der Waals surface area contributed by atoms with E-state index in [1.807, 2.05) is 4.90 Å². The lowest BCUT2D eigenvalue weighted by Crippen LogP contribution is -2.47. The van der Waals surface area contributed by atoms with Crippen molar-refractivity contribution in [3.05, 3.63) is 65.7 Å². The molecule has 3 heterocycles. The molecule has 0 amide bonds. The number of nitrogens with zero attached hydrogens (tertiary/aromatic N) is 5. The molecule has 0 spiro atoms. The van der Waals surface area contributed by atoms with Gasteiger partial charge in [0.1, 0.15) is 0 Å². The van der Waals surface area contributed by atoms with Crippen molar-refractivity contribution in [3.63, 3.8) is 0 Å². The molecule has 0 atom stereocenters. The molecule has 4 rings (SSSR count). The van der Waals surface area contributed by atoms with Crippen LogP contribution < -0.4 is 5.73 Å². The van der Waals surface area contributed by atoms with Gasteiger partial charge in [0.05, 0.1) is 22.3 Å². The molecule has 0 unspecified atom stereocenters. The fourth-order valence-electron chi connectivity index (χ4n) is 3.64. The van der Waals surface area contributed by atoms with Gasteiger partial charge in [-0.05, 0) is 31.3 Å². The number of ketones is 1. The number of nitrogen functional groups attached to an aromatic ring is 1. The van der Waals surface area contributed by atoms with Crippen LogP contribution in [-0.2, 0) is 16.2 Å². The Balaban J connectivity index is 1.80. The zero-order valence-electron chi connectivity index (χ0n) is 18.5. The molecule has 3 aromatic rings. The number of benzene rings is 1. The van der Waals surface area contributed by atoms with Crippen molar-refractivity contribution >= 4 is 21.6 Å². The third-order valence-corrected chi connectivity index (χ3v) is 7.54. The topological polar surface area (TPSA) is 122 Å². The predicted octanol–water partition coefficient (Wildman–Crippen LogP) is 2.31. The number of hydrogen-bond acceptors (Lipinski definition) is 8. The summed E-state index contributed by atoms with van der Waals surface area (Å²) in [4.78, 5) is 25.8. The van der Waals surface area contributed by atoms with Crippen molar-refractivity contribution in [2.24, 2.45) is 0 Å². The third-order valence-electron chi connectivity index (χ3n) is 5.60. The number of carbonyl (C=O) groups is 1. The van der Waals surface area contributed by atoms with Gasteiger partial charge in [0.15, 0.2) is 11.5 Å². The number of nitrogens with two attached hydrogens (primary N) is 1. The Labute approximate surface area is 199 Å². The van der Waals surface area contributed by atoms with E-state index in [1.54, 1.807) is 13.1 Å². The number of aromatic nitrogens is 3. The predicted molar refractivity (Wildman–Crippen MR) is 121 cm³/mol. The second-order valence-electron chi connectivity index (χ2n) is 7.98. The number of alkyl halides is 3. The van der Waals surface area contributed by atoms with Crippen LogP contribution >= 0.6 is 0 Å². The fourth-order valence-corrected chi connectivity index (χ4v) is 5.29. The molecule has 0 aliphatic carbocycles. The van der Waals surface area contributed by atoms with E-state index in [4.69, 9.17) is 5.73 Å². The van der Waals surface area contributed by atoms with E-state index in [1.165, 1.54) is 24.7 Å². The number of rotatable bonds is 5. The van der Waals surface area contributed by atoms with Crippen molar-refractivity contribution in [2.45, 2.75) is 11.1 Å². The molecule has 35 heavy (non-hydrogen) atoms. The van der Waals surface area contributed by atoms with Crippen molar-refractivity contribution in [1.29, 1.82) is 0 Å².